The van der Waals surface area contributed by atoms with E-state index in [1.807, 2.05) is 13.8 Å². The quantitative estimate of drug-likeness (QED) is 0.729. The zero-order valence-corrected chi connectivity index (χ0v) is 10.9. The third-order valence-electron chi connectivity index (χ3n) is 2.28. The fourth-order valence-electron chi connectivity index (χ4n) is 1.29. The minimum Gasteiger partial charge on any atom is -0.385 e. The van der Waals surface area contributed by atoms with E-state index in [-0.39, 0.29) is 10.4 Å². The summed E-state index contributed by atoms with van der Waals surface area (Å²) in [6.07, 6.45) is 0.823. The first-order chi connectivity index (χ1) is 7.68. The molecule has 0 amide bonds. The highest BCUT2D eigenvalue weighted by molar-refractivity contribution is 7.89. The topological polar surface area (TPSA) is 98.2 Å². The summed E-state index contributed by atoms with van der Waals surface area (Å²) in [4.78, 5) is 0.113. The lowest BCUT2D eigenvalue weighted by Gasteiger charge is -2.18. The van der Waals surface area contributed by atoms with E-state index in [2.05, 4.69) is 5.32 Å². The van der Waals surface area contributed by atoms with Crippen LogP contribution in [0.2, 0.25) is 0 Å². The Balaban J connectivity index is 2.58. The van der Waals surface area contributed by atoms with Crippen LogP contribution >= 0.6 is 0 Å². The predicted octanol–water partition coefficient (Wildman–Crippen LogP) is 0.873. The third kappa shape index (κ3) is 5.16. The van der Waals surface area contributed by atoms with Crippen molar-refractivity contribution in [1.82, 2.24) is 0 Å². The first-order valence-electron chi connectivity index (χ1n) is 5.34. The number of rotatable bonds is 5. The molecule has 0 unspecified atom stereocenters. The van der Waals surface area contributed by atoms with Crippen LogP contribution in [0.1, 0.15) is 20.3 Å². The number of nitrogens with two attached hydrogens (primary N) is 2. The SMILES string of the molecule is CC(C)(N)CCNc1ccc(S(N)(=O)=O)cc1. The molecule has 0 bridgehead atoms. The summed E-state index contributed by atoms with van der Waals surface area (Å²) >= 11 is 0. The zero-order chi connectivity index (χ0) is 13.1. The van der Waals surface area contributed by atoms with Crippen molar-refractivity contribution >= 4 is 15.7 Å². The van der Waals surface area contributed by atoms with Crippen LogP contribution < -0.4 is 16.2 Å². The lowest BCUT2D eigenvalue weighted by atomic mass is 10.0. The van der Waals surface area contributed by atoms with E-state index in [9.17, 15) is 8.42 Å². The fourth-order valence-corrected chi connectivity index (χ4v) is 1.81. The number of primary sulfonamides is 1. The number of nitrogens with one attached hydrogen (secondary N) is 1. The maximum Gasteiger partial charge on any atom is 0.238 e. The van der Waals surface area contributed by atoms with Crippen LogP contribution in [0.3, 0.4) is 0 Å². The van der Waals surface area contributed by atoms with Crippen LogP contribution in [0.25, 0.3) is 0 Å². The lowest BCUT2D eigenvalue weighted by molar-refractivity contribution is 0.491. The van der Waals surface area contributed by atoms with Crippen molar-refractivity contribution in [1.29, 1.82) is 0 Å². The molecule has 0 heterocycles. The Hall–Kier alpha value is -1.11. The number of sulfonamides is 1. The molecule has 0 fully saturated rings. The lowest BCUT2D eigenvalue weighted by Crippen LogP contribution is -2.34. The highest BCUT2D eigenvalue weighted by Crippen LogP contribution is 2.13. The molecule has 17 heavy (non-hydrogen) atoms. The fraction of sp³-hybridized carbons (Fsp3) is 0.455. The Morgan fingerprint density at radius 1 is 1.24 bits per heavy atom. The molecule has 0 radical (unpaired) electrons. The van der Waals surface area contributed by atoms with Crippen LogP contribution in [0.5, 0.6) is 0 Å². The molecule has 0 aliphatic carbocycles. The van der Waals surface area contributed by atoms with E-state index in [1.165, 1.54) is 12.1 Å². The zero-order valence-electron chi connectivity index (χ0n) is 10.1. The molecule has 0 aliphatic rings. The second-order valence-corrected chi connectivity index (χ2v) is 6.30. The molecule has 0 atom stereocenters. The van der Waals surface area contributed by atoms with Crippen molar-refractivity contribution in [2.24, 2.45) is 10.9 Å². The molecule has 0 saturated carbocycles. The van der Waals surface area contributed by atoms with Gasteiger partial charge in [-0.1, -0.05) is 0 Å². The summed E-state index contributed by atoms with van der Waals surface area (Å²) in [5.41, 5.74) is 6.48. The molecule has 1 aromatic carbocycles. The molecular weight excluding hydrogens is 238 g/mol. The number of anilines is 1. The molecule has 1 rings (SSSR count). The standard InChI is InChI=1S/C11H19N3O2S/c1-11(2,12)7-8-14-9-3-5-10(6-4-9)17(13,15)16/h3-6,14H,7-8,12H2,1-2H3,(H2,13,15,16). The van der Waals surface area contributed by atoms with Crippen LogP contribution in [-0.4, -0.2) is 20.5 Å². The summed E-state index contributed by atoms with van der Waals surface area (Å²) in [5.74, 6) is 0. The average molecular weight is 257 g/mol. The molecule has 0 spiro atoms. The highest BCUT2D eigenvalue weighted by Gasteiger charge is 2.10. The molecule has 6 heteroatoms. The molecule has 5 N–H and O–H groups in total. The first-order valence-corrected chi connectivity index (χ1v) is 6.89. The van der Waals surface area contributed by atoms with Gasteiger partial charge in [0.1, 0.15) is 0 Å². The van der Waals surface area contributed by atoms with Crippen molar-refractivity contribution in [2.75, 3.05) is 11.9 Å². The summed E-state index contributed by atoms with van der Waals surface area (Å²) in [6, 6.07) is 6.32. The second-order valence-electron chi connectivity index (χ2n) is 4.73. The van der Waals surface area contributed by atoms with Crippen molar-refractivity contribution in [2.45, 2.75) is 30.7 Å². The molecule has 0 aromatic heterocycles. The van der Waals surface area contributed by atoms with Gasteiger partial charge in [-0.25, -0.2) is 13.6 Å². The van der Waals surface area contributed by atoms with Gasteiger partial charge in [0.2, 0.25) is 10.0 Å². The molecule has 0 aliphatic heterocycles. The number of hydrogen-bond acceptors (Lipinski definition) is 4. The van der Waals surface area contributed by atoms with Gasteiger partial charge in [-0.2, -0.15) is 0 Å². The average Bonchev–Trinajstić information content (AvgIpc) is 2.15. The largest absolute Gasteiger partial charge is 0.385 e. The van der Waals surface area contributed by atoms with Crippen molar-refractivity contribution in [3.05, 3.63) is 24.3 Å². The Morgan fingerprint density at radius 2 is 1.76 bits per heavy atom. The first kappa shape index (κ1) is 14.0. The van der Waals surface area contributed by atoms with E-state index in [1.54, 1.807) is 12.1 Å². The Bertz CT molecular complexity index is 460. The maximum atomic E-state index is 11.0. The van der Waals surface area contributed by atoms with Crippen LogP contribution in [0, 0.1) is 0 Å². The molecule has 5 nitrogen and oxygen atoms in total. The molecular formula is C11H19N3O2S. The van der Waals surface area contributed by atoms with Crippen LogP contribution in [0.15, 0.2) is 29.2 Å². The van der Waals surface area contributed by atoms with Gasteiger partial charge in [-0.05, 0) is 44.5 Å². The van der Waals surface area contributed by atoms with E-state index in [0.29, 0.717) is 0 Å². The smallest absolute Gasteiger partial charge is 0.238 e. The minimum atomic E-state index is -3.61. The van der Waals surface area contributed by atoms with Gasteiger partial charge < -0.3 is 11.1 Å². The van der Waals surface area contributed by atoms with Crippen LogP contribution in [-0.2, 0) is 10.0 Å². The summed E-state index contributed by atoms with van der Waals surface area (Å²) in [7, 11) is -3.61. The summed E-state index contributed by atoms with van der Waals surface area (Å²) in [5, 5.41) is 8.16. The van der Waals surface area contributed by atoms with Crippen molar-refractivity contribution in [3.8, 4) is 0 Å². The van der Waals surface area contributed by atoms with Gasteiger partial charge in [0.05, 0.1) is 4.90 Å². The Labute approximate surface area is 102 Å². The summed E-state index contributed by atoms with van der Waals surface area (Å²) < 4.78 is 22.1. The minimum absolute atomic E-state index is 0.113. The van der Waals surface area contributed by atoms with E-state index in [4.69, 9.17) is 10.9 Å². The highest BCUT2D eigenvalue weighted by atomic mass is 32.2. The van der Waals surface area contributed by atoms with Gasteiger partial charge in [0.25, 0.3) is 0 Å². The van der Waals surface area contributed by atoms with Crippen LogP contribution in [0.4, 0.5) is 5.69 Å². The summed E-state index contributed by atoms with van der Waals surface area (Å²) in [6.45, 7) is 4.65. The molecule has 0 saturated heterocycles. The van der Waals surface area contributed by atoms with Gasteiger partial charge in [0, 0.05) is 17.8 Å². The second kappa shape index (κ2) is 5.03. The van der Waals surface area contributed by atoms with Gasteiger partial charge in [-0.15, -0.1) is 0 Å². The van der Waals surface area contributed by atoms with Gasteiger partial charge in [-0.3, -0.25) is 0 Å². The molecule has 1 aromatic rings. The van der Waals surface area contributed by atoms with E-state index < -0.39 is 10.0 Å². The Kier molecular flexibility index (Phi) is 4.13. The van der Waals surface area contributed by atoms with Gasteiger partial charge >= 0.3 is 0 Å². The van der Waals surface area contributed by atoms with Crippen molar-refractivity contribution < 1.29 is 8.42 Å². The monoisotopic (exact) mass is 257 g/mol. The normalized spacial score (nSPS) is 12.5. The van der Waals surface area contributed by atoms with Crippen molar-refractivity contribution in [3.63, 3.8) is 0 Å². The number of benzene rings is 1. The van der Waals surface area contributed by atoms with Gasteiger partial charge in [0.15, 0.2) is 0 Å². The Morgan fingerprint density at radius 3 is 2.18 bits per heavy atom. The third-order valence-corrected chi connectivity index (χ3v) is 3.21. The number of hydrogen-bond donors (Lipinski definition) is 3. The predicted molar refractivity (Wildman–Crippen MR) is 69.2 cm³/mol. The van der Waals surface area contributed by atoms with E-state index >= 15 is 0 Å². The molecule has 96 valence electrons. The van der Waals surface area contributed by atoms with E-state index in [0.717, 1.165) is 18.7 Å². The maximum absolute atomic E-state index is 11.0.